The van der Waals surface area contributed by atoms with Crippen LogP contribution >= 0.6 is 27.7 Å². The molecule has 1 heterocycles. The van der Waals surface area contributed by atoms with Crippen LogP contribution in [0, 0.1) is 0 Å². The van der Waals surface area contributed by atoms with Gasteiger partial charge in [-0.25, -0.2) is 0 Å². The molecule has 0 unspecified atom stereocenters. The lowest BCUT2D eigenvalue weighted by molar-refractivity contribution is -0.127. The van der Waals surface area contributed by atoms with Gasteiger partial charge in [0.05, 0.1) is 11.5 Å². The van der Waals surface area contributed by atoms with Gasteiger partial charge >= 0.3 is 0 Å². The molecule has 1 N–H and O–H groups in total. The van der Waals surface area contributed by atoms with Crippen molar-refractivity contribution in [2.24, 2.45) is 0 Å². The highest BCUT2D eigenvalue weighted by atomic mass is 79.9. The number of benzene rings is 3. The van der Waals surface area contributed by atoms with Crippen molar-refractivity contribution in [3.8, 4) is 5.75 Å². The summed E-state index contributed by atoms with van der Waals surface area (Å²) >= 11 is 4.17. The van der Waals surface area contributed by atoms with Gasteiger partial charge in [0.25, 0.3) is 11.1 Å². The van der Waals surface area contributed by atoms with Gasteiger partial charge in [0.2, 0.25) is 5.91 Å². The number of carbonyl (C=O) groups is 3. The second-order valence-corrected chi connectivity index (χ2v) is 9.63. The van der Waals surface area contributed by atoms with Crippen LogP contribution in [0.15, 0.2) is 70.0 Å². The fraction of sp³-hybridized carbons (Fsp3) is 0.192. The molecule has 0 saturated carbocycles. The number of unbranched alkanes of at least 4 members (excludes halogenated alkanes) is 1. The number of amides is 3. The number of hydrogen-bond donors (Lipinski definition) is 1. The second kappa shape index (κ2) is 10.9. The molecule has 1 fully saturated rings. The Morgan fingerprint density at radius 2 is 1.85 bits per heavy atom. The lowest BCUT2D eigenvalue weighted by Gasteiger charge is -2.13. The first-order valence-corrected chi connectivity index (χ1v) is 12.5. The number of carbonyl (C=O) groups excluding carboxylic acids is 3. The Balaban J connectivity index is 1.57. The maximum atomic E-state index is 13.0. The van der Waals surface area contributed by atoms with Crippen molar-refractivity contribution < 1.29 is 19.1 Å². The van der Waals surface area contributed by atoms with Gasteiger partial charge in [0.15, 0.2) is 0 Å². The van der Waals surface area contributed by atoms with E-state index in [-0.39, 0.29) is 11.4 Å². The van der Waals surface area contributed by atoms with E-state index in [9.17, 15) is 14.4 Å². The zero-order chi connectivity index (χ0) is 24.1. The number of fused-ring (bicyclic) bond motifs is 1. The molecule has 3 aromatic carbocycles. The maximum Gasteiger partial charge on any atom is 0.294 e. The first-order valence-electron chi connectivity index (χ1n) is 10.9. The highest BCUT2D eigenvalue weighted by Crippen LogP contribution is 2.37. The van der Waals surface area contributed by atoms with Crippen LogP contribution in [0.5, 0.6) is 5.75 Å². The number of ether oxygens (including phenoxy) is 1. The number of nitrogens with one attached hydrogen (secondary N) is 1. The molecule has 1 saturated heterocycles. The Hall–Kier alpha value is -3.10. The van der Waals surface area contributed by atoms with Crippen LogP contribution in [-0.2, 0) is 9.59 Å². The predicted octanol–water partition coefficient (Wildman–Crippen LogP) is 6.46. The normalized spacial score (nSPS) is 14.8. The Labute approximate surface area is 210 Å². The van der Waals surface area contributed by atoms with Gasteiger partial charge in [0.1, 0.15) is 12.3 Å². The minimum Gasteiger partial charge on any atom is -0.493 e. The third kappa shape index (κ3) is 5.51. The summed E-state index contributed by atoms with van der Waals surface area (Å²) in [7, 11) is 0. The minimum atomic E-state index is -0.492. The summed E-state index contributed by atoms with van der Waals surface area (Å²) < 4.78 is 6.88. The molecule has 174 valence electrons. The first kappa shape index (κ1) is 24.0. The van der Waals surface area contributed by atoms with Gasteiger partial charge in [0, 0.05) is 15.7 Å². The standard InChI is InChI=1S/C26H23BrN2O4S/c1-2-3-14-33-22-13-8-17-6-4-5-7-20(17)21(22)15-23-25(31)29(26(32)34-23)16-24(30)28-19-11-9-18(27)10-12-19/h4-13,15H,2-3,14,16H2,1H3,(H,28,30)/b23-15-. The largest absolute Gasteiger partial charge is 0.493 e. The van der Waals surface area contributed by atoms with E-state index in [2.05, 4.69) is 28.2 Å². The lowest BCUT2D eigenvalue weighted by atomic mass is 10.0. The maximum absolute atomic E-state index is 13.0. The SMILES string of the molecule is CCCCOc1ccc2ccccc2c1/C=C1\SC(=O)N(CC(=O)Nc2ccc(Br)cc2)C1=O. The highest BCUT2D eigenvalue weighted by Gasteiger charge is 2.36. The number of imide groups is 1. The smallest absolute Gasteiger partial charge is 0.294 e. The summed E-state index contributed by atoms with van der Waals surface area (Å²) in [6.45, 7) is 2.30. The summed E-state index contributed by atoms with van der Waals surface area (Å²) in [4.78, 5) is 39.3. The molecule has 0 aromatic heterocycles. The number of anilines is 1. The van der Waals surface area contributed by atoms with Gasteiger partial charge in [-0.05, 0) is 65.4 Å². The van der Waals surface area contributed by atoms with Gasteiger partial charge in [-0.15, -0.1) is 0 Å². The molecule has 3 aromatic rings. The van der Waals surface area contributed by atoms with E-state index in [1.165, 1.54) is 0 Å². The third-order valence-corrected chi connectivity index (χ3v) is 6.70. The van der Waals surface area contributed by atoms with Crippen molar-refractivity contribution in [1.29, 1.82) is 0 Å². The van der Waals surface area contributed by atoms with E-state index in [1.807, 2.05) is 36.4 Å². The fourth-order valence-corrected chi connectivity index (χ4v) is 4.61. The van der Waals surface area contributed by atoms with Crippen LogP contribution in [0.4, 0.5) is 10.5 Å². The topological polar surface area (TPSA) is 75.7 Å². The van der Waals surface area contributed by atoms with Crippen LogP contribution in [-0.4, -0.2) is 35.1 Å². The van der Waals surface area contributed by atoms with Crippen molar-refractivity contribution in [3.63, 3.8) is 0 Å². The average Bonchev–Trinajstić information content (AvgIpc) is 3.09. The van der Waals surface area contributed by atoms with Gasteiger partial charge in [-0.3, -0.25) is 19.3 Å². The van der Waals surface area contributed by atoms with Crippen molar-refractivity contribution >= 4 is 67.3 Å². The molecule has 0 radical (unpaired) electrons. The molecule has 6 nitrogen and oxygen atoms in total. The van der Waals surface area contributed by atoms with Crippen molar-refractivity contribution in [3.05, 3.63) is 75.6 Å². The highest BCUT2D eigenvalue weighted by molar-refractivity contribution is 9.10. The van der Waals surface area contributed by atoms with Crippen LogP contribution < -0.4 is 10.1 Å². The minimum absolute atomic E-state index is 0.262. The van der Waals surface area contributed by atoms with Crippen LogP contribution in [0.25, 0.3) is 16.8 Å². The van der Waals surface area contributed by atoms with Crippen LogP contribution in [0.3, 0.4) is 0 Å². The summed E-state index contributed by atoms with van der Waals surface area (Å²) in [5.41, 5.74) is 1.33. The van der Waals surface area contributed by atoms with Crippen molar-refractivity contribution in [2.75, 3.05) is 18.5 Å². The molecule has 34 heavy (non-hydrogen) atoms. The molecule has 0 spiro atoms. The molecule has 0 atom stereocenters. The summed E-state index contributed by atoms with van der Waals surface area (Å²) in [6, 6.07) is 18.7. The van der Waals surface area contributed by atoms with E-state index in [0.717, 1.165) is 50.3 Å². The number of thioether (sulfide) groups is 1. The Morgan fingerprint density at radius 3 is 2.62 bits per heavy atom. The lowest BCUT2D eigenvalue weighted by Crippen LogP contribution is -2.36. The molecular formula is C26H23BrN2O4S. The number of halogens is 1. The fourth-order valence-electron chi connectivity index (χ4n) is 3.52. The van der Waals surface area contributed by atoms with E-state index in [4.69, 9.17) is 4.74 Å². The monoisotopic (exact) mass is 538 g/mol. The molecule has 1 aliphatic heterocycles. The van der Waals surface area contributed by atoms with Crippen molar-refractivity contribution in [1.82, 2.24) is 4.90 Å². The summed E-state index contributed by atoms with van der Waals surface area (Å²) in [6.07, 6.45) is 3.61. The van der Waals surface area contributed by atoms with Gasteiger partial charge in [-0.2, -0.15) is 0 Å². The summed E-state index contributed by atoms with van der Waals surface area (Å²) in [5, 5.41) is 4.16. The van der Waals surface area contributed by atoms with E-state index >= 15 is 0 Å². The number of nitrogens with zero attached hydrogens (tertiary/aromatic N) is 1. The van der Waals surface area contributed by atoms with E-state index in [1.54, 1.807) is 30.3 Å². The molecule has 8 heteroatoms. The molecule has 3 amide bonds. The Kier molecular flexibility index (Phi) is 7.70. The molecule has 0 aliphatic carbocycles. The van der Waals surface area contributed by atoms with Gasteiger partial charge in [-0.1, -0.05) is 59.6 Å². The Bertz CT molecular complexity index is 1270. The van der Waals surface area contributed by atoms with E-state index in [0.29, 0.717) is 18.0 Å². The summed E-state index contributed by atoms with van der Waals surface area (Å²) in [5.74, 6) is -0.278. The molecule has 1 aliphatic rings. The van der Waals surface area contributed by atoms with Crippen LogP contribution in [0.2, 0.25) is 0 Å². The number of hydrogen-bond acceptors (Lipinski definition) is 5. The first-order chi connectivity index (χ1) is 16.5. The molecule has 4 rings (SSSR count). The quantitative estimate of drug-likeness (QED) is 0.263. The van der Waals surface area contributed by atoms with Crippen molar-refractivity contribution in [2.45, 2.75) is 19.8 Å². The molecule has 0 bridgehead atoms. The average molecular weight is 539 g/mol. The zero-order valence-electron chi connectivity index (χ0n) is 18.5. The Morgan fingerprint density at radius 1 is 1.09 bits per heavy atom. The molecular weight excluding hydrogens is 516 g/mol. The van der Waals surface area contributed by atoms with Crippen LogP contribution in [0.1, 0.15) is 25.3 Å². The third-order valence-electron chi connectivity index (χ3n) is 5.26. The second-order valence-electron chi connectivity index (χ2n) is 7.72. The zero-order valence-corrected chi connectivity index (χ0v) is 20.9. The number of rotatable bonds is 8. The van der Waals surface area contributed by atoms with E-state index < -0.39 is 17.1 Å². The predicted molar refractivity (Wildman–Crippen MR) is 140 cm³/mol. The van der Waals surface area contributed by atoms with Gasteiger partial charge < -0.3 is 10.1 Å².